The van der Waals surface area contributed by atoms with Crippen LogP contribution in [0, 0.1) is 11.3 Å². The fraction of sp³-hybridized carbons (Fsp3) is 0.100. The molecule has 1 rings (SSSR count). The maximum absolute atomic E-state index is 12.1. The van der Waals surface area contributed by atoms with Gasteiger partial charge in [-0.15, -0.1) is 0 Å². The Labute approximate surface area is 104 Å². The number of halogens is 3. The molecule has 0 bridgehead atoms. The fourth-order valence-corrected chi connectivity index (χ4v) is 1.10. The second kappa shape index (κ2) is 5.26. The number of anilines is 1. The Hall–Kier alpha value is -2.76. The first-order chi connectivity index (χ1) is 8.75. The number of carbonyl (C=O) groups excluding carboxylic acids is 1. The average Bonchev–Trinajstić information content (AvgIpc) is 2.34. The van der Waals surface area contributed by atoms with E-state index < -0.39 is 18.2 Å². The maximum atomic E-state index is 12.1. The van der Waals surface area contributed by atoms with Crippen molar-refractivity contribution in [1.29, 1.82) is 5.26 Å². The van der Waals surface area contributed by atoms with Crippen LogP contribution < -0.4 is 10.4 Å². The molecule has 100 valence electrons. The molecule has 0 aliphatic heterocycles. The molecule has 0 saturated carbocycles. The van der Waals surface area contributed by atoms with Crippen LogP contribution in [-0.4, -0.2) is 23.3 Å². The van der Waals surface area contributed by atoms with E-state index in [4.69, 9.17) is 10.4 Å². The van der Waals surface area contributed by atoms with Crippen LogP contribution in [0.3, 0.4) is 0 Å². The summed E-state index contributed by atoms with van der Waals surface area (Å²) in [5, 5.41) is 17.4. The normalized spacial score (nSPS) is 10.4. The highest BCUT2D eigenvalue weighted by Gasteiger charge is 2.40. The van der Waals surface area contributed by atoms with Gasteiger partial charge in [0.25, 0.3) is 0 Å². The second-order valence-corrected chi connectivity index (χ2v) is 3.22. The van der Waals surface area contributed by atoms with Gasteiger partial charge in [0, 0.05) is 0 Å². The van der Waals surface area contributed by atoms with Crippen LogP contribution in [0.4, 0.5) is 23.7 Å². The van der Waals surface area contributed by atoms with Crippen LogP contribution in [-0.2, 0) is 4.79 Å². The lowest BCUT2D eigenvalue weighted by molar-refractivity contribution is -0.173. The predicted octanol–water partition coefficient (Wildman–Crippen LogP) is 1.64. The van der Waals surface area contributed by atoms with Gasteiger partial charge in [0.1, 0.15) is 0 Å². The van der Waals surface area contributed by atoms with E-state index in [2.05, 4.69) is 0 Å². The van der Waals surface area contributed by atoms with E-state index >= 15 is 0 Å². The van der Waals surface area contributed by atoms with Crippen molar-refractivity contribution in [2.45, 2.75) is 6.18 Å². The monoisotopic (exact) mass is 273 g/mol. The molecule has 0 aliphatic carbocycles. The maximum Gasteiger partial charge on any atom is 0.472 e. The lowest BCUT2D eigenvalue weighted by Gasteiger charge is -2.20. The SMILES string of the molecule is N#Cc1cccc(N(NC(=O)C(F)(F)F)C(=O)O)c1. The number of hydrogen-bond donors (Lipinski definition) is 2. The summed E-state index contributed by atoms with van der Waals surface area (Å²) in [4.78, 5) is 21.5. The molecule has 0 radical (unpaired) electrons. The van der Waals surface area contributed by atoms with Gasteiger partial charge in [-0.05, 0) is 18.2 Å². The number of rotatable bonds is 1. The molecular weight excluding hydrogens is 267 g/mol. The molecule has 1 aromatic rings. The smallest absolute Gasteiger partial charge is 0.463 e. The highest BCUT2D eigenvalue weighted by Crippen LogP contribution is 2.18. The van der Waals surface area contributed by atoms with Gasteiger partial charge in [0.15, 0.2) is 0 Å². The molecule has 0 unspecified atom stereocenters. The Morgan fingerprint density at radius 2 is 2.00 bits per heavy atom. The van der Waals surface area contributed by atoms with Crippen molar-refractivity contribution in [3.8, 4) is 6.07 Å². The summed E-state index contributed by atoms with van der Waals surface area (Å²) in [7, 11) is 0. The molecule has 2 N–H and O–H groups in total. The number of hydrogen-bond acceptors (Lipinski definition) is 3. The molecule has 0 saturated heterocycles. The number of amides is 2. The number of benzene rings is 1. The van der Waals surface area contributed by atoms with E-state index in [0.717, 1.165) is 12.1 Å². The molecule has 19 heavy (non-hydrogen) atoms. The number of nitrogens with zero attached hydrogens (tertiary/aromatic N) is 2. The summed E-state index contributed by atoms with van der Waals surface area (Å²) in [5.41, 5.74) is 0.929. The predicted molar refractivity (Wildman–Crippen MR) is 55.9 cm³/mol. The Bertz CT molecular complexity index is 551. The largest absolute Gasteiger partial charge is 0.472 e. The van der Waals surface area contributed by atoms with Gasteiger partial charge in [0.2, 0.25) is 0 Å². The standard InChI is InChI=1S/C10H6F3N3O3/c11-10(12,13)8(17)15-16(9(18)19)7-3-1-2-6(4-7)5-14/h1-4H,(H,15,17)(H,18,19). The van der Waals surface area contributed by atoms with E-state index in [-0.39, 0.29) is 16.3 Å². The minimum Gasteiger partial charge on any atom is -0.463 e. The van der Waals surface area contributed by atoms with Gasteiger partial charge in [-0.3, -0.25) is 4.79 Å². The van der Waals surface area contributed by atoms with E-state index in [9.17, 15) is 22.8 Å². The first-order valence-corrected chi connectivity index (χ1v) is 4.66. The van der Waals surface area contributed by atoms with Gasteiger partial charge in [-0.2, -0.15) is 23.4 Å². The van der Waals surface area contributed by atoms with E-state index in [1.54, 1.807) is 6.07 Å². The lowest BCUT2D eigenvalue weighted by atomic mass is 10.2. The highest BCUT2D eigenvalue weighted by atomic mass is 19.4. The third kappa shape index (κ3) is 3.60. The van der Waals surface area contributed by atoms with Crippen LogP contribution in [0.1, 0.15) is 5.56 Å². The van der Waals surface area contributed by atoms with E-state index in [0.29, 0.717) is 0 Å². The second-order valence-electron chi connectivity index (χ2n) is 3.22. The number of nitrogens with one attached hydrogen (secondary N) is 1. The summed E-state index contributed by atoms with van der Waals surface area (Å²) in [6.07, 6.45) is -7.05. The number of carbonyl (C=O) groups is 2. The molecule has 0 heterocycles. The van der Waals surface area contributed by atoms with Crippen LogP contribution in [0.25, 0.3) is 0 Å². The van der Waals surface area contributed by atoms with Crippen molar-refractivity contribution in [2.75, 3.05) is 5.01 Å². The highest BCUT2D eigenvalue weighted by molar-refractivity contribution is 5.92. The van der Waals surface area contributed by atoms with Gasteiger partial charge >= 0.3 is 18.2 Å². The molecule has 0 spiro atoms. The first-order valence-electron chi connectivity index (χ1n) is 4.66. The van der Waals surface area contributed by atoms with Crippen LogP contribution in [0.15, 0.2) is 24.3 Å². The molecule has 0 atom stereocenters. The Morgan fingerprint density at radius 3 is 2.47 bits per heavy atom. The van der Waals surface area contributed by atoms with E-state index in [1.807, 2.05) is 0 Å². The molecule has 2 amide bonds. The summed E-state index contributed by atoms with van der Waals surface area (Å²) in [6, 6.07) is 6.44. The molecular formula is C10H6F3N3O3. The van der Waals surface area contributed by atoms with Crippen molar-refractivity contribution < 1.29 is 27.9 Å². The van der Waals surface area contributed by atoms with Gasteiger partial charge < -0.3 is 5.11 Å². The Morgan fingerprint density at radius 1 is 1.37 bits per heavy atom. The zero-order valence-electron chi connectivity index (χ0n) is 9.10. The van der Waals surface area contributed by atoms with Crippen molar-refractivity contribution in [2.24, 2.45) is 0 Å². The fourth-order valence-electron chi connectivity index (χ4n) is 1.10. The summed E-state index contributed by atoms with van der Waals surface area (Å²) >= 11 is 0. The van der Waals surface area contributed by atoms with Crippen LogP contribution in [0.5, 0.6) is 0 Å². The molecule has 9 heteroatoms. The molecule has 6 nitrogen and oxygen atoms in total. The third-order valence-electron chi connectivity index (χ3n) is 1.90. The minimum atomic E-state index is -5.22. The van der Waals surface area contributed by atoms with Crippen molar-refractivity contribution in [3.63, 3.8) is 0 Å². The number of hydrazine groups is 1. The van der Waals surface area contributed by atoms with Gasteiger partial charge in [0.05, 0.1) is 17.3 Å². The summed E-state index contributed by atoms with van der Waals surface area (Å²) in [6.45, 7) is 0. The van der Waals surface area contributed by atoms with Crippen LogP contribution >= 0.6 is 0 Å². The van der Waals surface area contributed by atoms with Gasteiger partial charge in [-0.25, -0.2) is 10.2 Å². The number of alkyl halides is 3. The Kier molecular flexibility index (Phi) is 3.96. The summed E-state index contributed by atoms with van der Waals surface area (Å²) < 4.78 is 36.2. The van der Waals surface area contributed by atoms with E-state index in [1.165, 1.54) is 17.6 Å². The molecule has 0 aromatic heterocycles. The van der Waals surface area contributed by atoms with Gasteiger partial charge in [-0.1, -0.05) is 6.07 Å². The Balaban J connectivity index is 3.05. The zero-order valence-corrected chi connectivity index (χ0v) is 9.10. The third-order valence-corrected chi connectivity index (χ3v) is 1.90. The van der Waals surface area contributed by atoms with Crippen LogP contribution in [0.2, 0.25) is 0 Å². The zero-order chi connectivity index (χ0) is 14.6. The minimum absolute atomic E-state index is 0.0172. The molecule has 0 fully saturated rings. The number of carboxylic acid groups (broad SMARTS) is 1. The molecule has 1 aromatic carbocycles. The van der Waals surface area contributed by atoms with Crippen molar-refractivity contribution in [3.05, 3.63) is 29.8 Å². The molecule has 0 aliphatic rings. The first kappa shape index (κ1) is 14.3. The topological polar surface area (TPSA) is 93.4 Å². The van der Waals surface area contributed by atoms with Crippen molar-refractivity contribution >= 4 is 17.7 Å². The quantitative estimate of drug-likeness (QED) is 0.760. The number of nitriles is 1. The van der Waals surface area contributed by atoms with Crippen molar-refractivity contribution in [1.82, 2.24) is 5.43 Å². The average molecular weight is 273 g/mol. The lowest BCUT2D eigenvalue weighted by Crippen LogP contribution is -2.50. The summed E-state index contributed by atoms with van der Waals surface area (Å²) in [5.74, 6) is -2.43.